The highest BCUT2D eigenvalue weighted by Gasteiger charge is 2.50. The van der Waals surface area contributed by atoms with Crippen LogP contribution in [0.15, 0.2) is 0 Å². The summed E-state index contributed by atoms with van der Waals surface area (Å²) in [5.74, 6) is -0.661. The molecule has 0 aliphatic carbocycles. The van der Waals surface area contributed by atoms with Crippen molar-refractivity contribution in [3.05, 3.63) is 0 Å². The molecule has 0 amide bonds. The summed E-state index contributed by atoms with van der Waals surface area (Å²) >= 11 is 0. The average molecular weight is 356 g/mol. The van der Waals surface area contributed by atoms with Gasteiger partial charge in [0.1, 0.15) is 5.41 Å². The van der Waals surface area contributed by atoms with Crippen molar-refractivity contribution >= 4 is 24.5 Å². The van der Waals surface area contributed by atoms with Crippen molar-refractivity contribution in [2.45, 2.75) is 40.4 Å². The summed E-state index contributed by atoms with van der Waals surface area (Å²) < 4.78 is 49.6. The Labute approximate surface area is 134 Å². The number of rotatable bonds is 11. The summed E-state index contributed by atoms with van der Waals surface area (Å²) in [6, 6.07) is 0. The van der Waals surface area contributed by atoms with Crippen molar-refractivity contribution in [2.75, 3.05) is 25.6 Å². The van der Waals surface area contributed by atoms with Crippen LogP contribution in [0.25, 0.3) is 0 Å². The summed E-state index contributed by atoms with van der Waals surface area (Å²) in [5, 5.41) is 0. The van der Waals surface area contributed by atoms with E-state index in [0.717, 1.165) is 6.26 Å². The first-order valence-corrected chi connectivity index (χ1v) is 9.90. The fourth-order valence-electron chi connectivity index (χ4n) is 2.19. The standard InChI is InChI=1S/C13H25O7PS/c1-6-18-11(14)13(9-21-15,8-10(3)4)12(19-7-2)20-22(5,16)17/h10,12H,6-9H2,1-5H3. The van der Waals surface area contributed by atoms with Crippen molar-refractivity contribution in [1.29, 1.82) is 0 Å². The highest BCUT2D eigenvalue weighted by molar-refractivity contribution is 7.86. The number of carbonyl (C=O) groups is 1. The predicted molar refractivity (Wildman–Crippen MR) is 82.3 cm³/mol. The van der Waals surface area contributed by atoms with Gasteiger partial charge < -0.3 is 9.47 Å². The molecule has 22 heavy (non-hydrogen) atoms. The molecule has 0 aromatic carbocycles. The molecule has 0 heterocycles. The van der Waals surface area contributed by atoms with Crippen LogP contribution < -0.4 is 0 Å². The normalized spacial score (nSPS) is 16.5. The molecule has 0 aliphatic rings. The first-order valence-electron chi connectivity index (χ1n) is 7.09. The molecule has 9 heteroatoms. The van der Waals surface area contributed by atoms with Gasteiger partial charge in [0.05, 0.1) is 12.9 Å². The lowest BCUT2D eigenvalue weighted by Crippen LogP contribution is -2.49. The highest BCUT2D eigenvalue weighted by Crippen LogP contribution is 2.38. The minimum atomic E-state index is -3.87. The molecule has 0 aromatic heterocycles. The van der Waals surface area contributed by atoms with E-state index in [1.54, 1.807) is 13.8 Å². The highest BCUT2D eigenvalue weighted by atomic mass is 32.2. The Kier molecular flexibility index (Phi) is 9.31. The molecule has 130 valence electrons. The Hall–Kier alpha value is -0.560. The Morgan fingerprint density at radius 1 is 1.23 bits per heavy atom. The second kappa shape index (κ2) is 9.55. The first kappa shape index (κ1) is 21.4. The third kappa shape index (κ3) is 6.69. The number of carbonyl (C=O) groups excluding carboxylic acids is 1. The van der Waals surface area contributed by atoms with Crippen LogP contribution in [0, 0.1) is 11.3 Å². The van der Waals surface area contributed by atoms with Gasteiger partial charge in [-0.05, 0) is 26.2 Å². The smallest absolute Gasteiger partial charge is 0.318 e. The van der Waals surface area contributed by atoms with E-state index in [1.807, 2.05) is 13.8 Å². The number of hydrogen-bond donors (Lipinski definition) is 0. The fraction of sp³-hybridized carbons (Fsp3) is 0.923. The molecule has 0 fully saturated rings. The Bertz CT molecular complexity index is 463. The quantitative estimate of drug-likeness (QED) is 0.242. The van der Waals surface area contributed by atoms with Gasteiger partial charge in [0.25, 0.3) is 10.1 Å². The molecule has 0 bridgehead atoms. The van der Waals surface area contributed by atoms with Gasteiger partial charge in [-0.15, -0.1) is 0 Å². The van der Waals surface area contributed by atoms with Gasteiger partial charge in [-0.2, -0.15) is 8.42 Å². The van der Waals surface area contributed by atoms with E-state index >= 15 is 0 Å². The molecule has 0 rings (SSSR count). The summed E-state index contributed by atoms with van der Waals surface area (Å²) in [4.78, 5) is 12.5. The van der Waals surface area contributed by atoms with Gasteiger partial charge in [-0.25, -0.2) is 4.18 Å². The summed E-state index contributed by atoms with van der Waals surface area (Å²) in [5.41, 5.74) is -1.45. The van der Waals surface area contributed by atoms with Crippen molar-refractivity contribution in [3.8, 4) is 0 Å². The molecular weight excluding hydrogens is 331 g/mol. The van der Waals surface area contributed by atoms with Gasteiger partial charge in [-0.1, -0.05) is 13.8 Å². The molecule has 7 nitrogen and oxygen atoms in total. The zero-order chi connectivity index (χ0) is 17.4. The lowest BCUT2D eigenvalue weighted by atomic mass is 9.81. The van der Waals surface area contributed by atoms with E-state index in [4.69, 9.17) is 13.7 Å². The second-order valence-electron chi connectivity index (χ2n) is 5.35. The number of esters is 1. The van der Waals surface area contributed by atoms with Crippen LogP contribution in [0.1, 0.15) is 34.1 Å². The topological polar surface area (TPSA) is 96.0 Å². The largest absolute Gasteiger partial charge is 0.465 e. The molecule has 0 saturated carbocycles. The van der Waals surface area contributed by atoms with Crippen LogP contribution in [0.2, 0.25) is 0 Å². The van der Waals surface area contributed by atoms with Crippen molar-refractivity contribution in [1.82, 2.24) is 0 Å². The molecule has 0 aliphatic heterocycles. The summed E-state index contributed by atoms with van der Waals surface area (Å²) in [6.07, 6.45) is -0.430. The van der Waals surface area contributed by atoms with Crippen molar-refractivity contribution in [2.24, 2.45) is 11.3 Å². The molecule has 0 spiro atoms. The van der Waals surface area contributed by atoms with Gasteiger partial charge in [-0.3, -0.25) is 9.36 Å². The molecule has 2 unspecified atom stereocenters. The van der Waals surface area contributed by atoms with Crippen LogP contribution in [0.5, 0.6) is 0 Å². The predicted octanol–water partition coefficient (Wildman–Crippen LogP) is 2.21. The van der Waals surface area contributed by atoms with Crippen LogP contribution in [-0.4, -0.2) is 46.3 Å². The van der Waals surface area contributed by atoms with Crippen molar-refractivity contribution < 1.29 is 31.4 Å². The van der Waals surface area contributed by atoms with Crippen LogP contribution in [0.3, 0.4) is 0 Å². The van der Waals surface area contributed by atoms with E-state index in [0.29, 0.717) is 0 Å². The second-order valence-corrected chi connectivity index (χ2v) is 7.52. The lowest BCUT2D eigenvalue weighted by Gasteiger charge is -2.36. The van der Waals surface area contributed by atoms with E-state index in [-0.39, 0.29) is 40.2 Å². The lowest BCUT2D eigenvalue weighted by molar-refractivity contribution is -0.190. The third-order valence-corrected chi connectivity index (χ3v) is 4.05. The monoisotopic (exact) mass is 356 g/mol. The minimum Gasteiger partial charge on any atom is -0.465 e. The average Bonchev–Trinajstić information content (AvgIpc) is 2.35. The summed E-state index contributed by atoms with van der Waals surface area (Å²) in [7, 11) is -4.19. The van der Waals surface area contributed by atoms with E-state index in [1.165, 1.54) is 0 Å². The SMILES string of the molecule is CCOC(=O)C(CP=O)(CC(C)C)C(OCC)OS(C)(=O)=O. The maximum absolute atomic E-state index is 12.5. The Morgan fingerprint density at radius 2 is 1.82 bits per heavy atom. The molecular formula is C13H25O7PS. The van der Waals surface area contributed by atoms with E-state index in [2.05, 4.69) is 0 Å². The van der Waals surface area contributed by atoms with Gasteiger partial charge in [0.15, 0.2) is 14.8 Å². The number of hydrogen-bond acceptors (Lipinski definition) is 7. The molecule has 0 radical (unpaired) electrons. The van der Waals surface area contributed by atoms with Gasteiger partial charge in [0.2, 0.25) is 0 Å². The maximum Gasteiger partial charge on any atom is 0.318 e. The molecule has 0 saturated heterocycles. The minimum absolute atomic E-state index is 0.0114. The van der Waals surface area contributed by atoms with Gasteiger partial charge in [0, 0.05) is 12.8 Å². The zero-order valence-electron chi connectivity index (χ0n) is 13.7. The van der Waals surface area contributed by atoms with E-state index in [9.17, 15) is 17.8 Å². The number of ether oxygens (including phenoxy) is 2. The molecule has 2 atom stereocenters. The van der Waals surface area contributed by atoms with Gasteiger partial charge >= 0.3 is 5.97 Å². The molecule has 0 N–H and O–H groups in total. The van der Waals surface area contributed by atoms with E-state index < -0.39 is 27.8 Å². The van der Waals surface area contributed by atoms with Crippen molar-refractivity contribution in [3.63, 3.8) is 0 Å². The molecule has 0 aromatic rings. The van der Waals surface area contributed by atoms with Crippen LogP contribution >= 0.6 is 8.46 Å². The fourth-order valence-corrected chi connectivity index (χ4v) is 3.38. The Morgan fingerprint density at radius 3 is 2.18 bits per heavy atom. The zero-order valence-corrected chi connectivity index (χ0v) is 15.4. The Balaban J connectivity index is 5.88. The van der Waals surface area contributed by atoms with Crippen LogP contribution in [-0.2, 0) is 33.1 Å². The van der Waals surface area contributed by atoms with Crippen LogP contribution in [0.4, 0.5) is 0 Å². The third-order valence-electron chi connectivity index (χ3n) is 2.83. The first-order chi connectivity index (χ1) is 10.1. The maximum atomic E-state index is 12.5. The summed E-state index contributed by atoms with van der Waals surface area (Å²) in [6.45, 7) is 7.26.